The van der Waals surface area contributed by atoms with Crippen LogP contribution >= 0.6 is 39.3 Å². The van der Waals surface area contributed by atoms with Gasteiger partial charge in [0.2, 0.25) is 0 Å². The van der Waals surface area contributed by atoms with E-state index in [4.69, 9.17) is 22.3 Å². The van der Waals surface area contributed by atoms with Gasteiger partial charge in [-0.15, -0.1) is 0 Å². The number of rotatable bonds is 6. The minimum atomic E-state index is -0.488. The quantitative estimate of drug-likeness (QED) is 0.350. The number of nitrogens with zero attached hydrogens (tertiary/aromatic N) is 1. The summed E-state index contributed by atoms with van der Waals surface area (Å²) >= 11 is 11.4. The van der Waals surface area contributed by atoms with Gasteiger partial charge in [-0.3, -0.25) is 0 Å². The Labute approximate surface area is 180 Å². The van der Waals surface area contributed by atoms with Crippen LogP contribution in [-0.4, -0.2) is 33.5 Å². The predicted molar refractivity (Wildman–Crippen MR) is 123 cm³/mol. The number of H-pyrrole nitrogens is 1. The van der Waals surface area contributed by atoms with E-state index in [0.717, 1.165) is 48.9 Å². The predicted octanol–water partition coefficient (Wildman–Crippen LogP) is 5.35. The maximum absolute atomic E-state index is 9.75. The summed E-state index contributed by atoms with van der Waals surface area (Å²) in [4.78, 5) is 8.20. The number of pyridine rings is 1. The van der Waals surface area contributed by atoms with Gasteiger partial charge in [0.25, 0.3) is 0 Å². The molecular weight excluding hydrogens is 458 g/mol. The highest BCUT2D eigenvalue weighted by atomic mass is 79.9. The van der Waals surface area contributed by atoms with E-state index in [1.54, 1.807) is 11.8 Å². The van der Waals surface area contributed by atoms with Crippen molar-refractivity contribution in [3.8, 4) is 11.3 Å². The third-order valence-electron chi connectivity index (χ3n) is 4.62. The molecular formula is C21H19BrClN3OS. The standard InChI is InChI=1S/C21H19BrClN3OS/c22-13-1-4-19-17(6-13)18(9-25-19)20-5-12(10-28-11-15(27)8-24)16-3-2-14(23)7-21(16)26-20/h1-7,9,15,25,27H,8,10-11,24H2. The van der Waals surface area contributed by atoms with Gasteiger partial charge in [-0.25, -0.2) is 4.98 Å². The van der Waals surface area contributed by atoms with Crippen molar-refractivity contribution in [2.24, 2.45) is 5.73 Å². The Morgan fingerprint density at radius 1 is 1.18 bits per heavy atom. The monoisotopic (exact) mass is 475 g/mol. The maximum atomic E-state index is 9.75. The second kappa shape index (κ2) is 8.43. The number of hydrogen-bond donors (Lipinski definition) is 3. The molecule has 1 atom stereocenters. The molecule has 28 heavy (non-hydrogen) atoms. The average Bonchev–Trinajstić information content (AvgIpc) is 3.10. The Bertz CT molecular complexity index is 1150. The molecule has 2 aromatic heterocycles. The van der Waals surface area contributed by atoms with Crippen LogP contribution in [0.5, 0.6) is 0 Å². The molecule has 0 bridgehead atoms. The lowest BCUT2D eigenvalue weighted by Crippen LogP contribution is -2.21. The summed E-state index contributed by atoms with van der Waals surface area (Å²) < 4.78 is 1.02. The Balaban J connectivity index is 1.80. The molecule has 0 aliphatic carbocycles. The minimum absolute atomic E-state index is 0.273. The molecule has 0 amide bonds. The summed E-state index contributed by atoms with van der Waals surface area (Å²) in [5, 5.41) is 12.6. The summed E-state index contributed by atoms with van der Waals surface area (Å²) in [5.74, 6) is 1.36. The van der Waals surface area contributed by atoms with Crippen LogP contribution in [0, 0.1) is 0 Å². The van der Waals surface area contributed by atoms with Gasteiger partial charge in [-0.05, 0) is 42.0 Å². The van der Waals surface area contributed by atoms with E-state index in [2.05, 4.69) is 33.0 Å². The van der Waals surface area contributed by atoms with Gasteiger partial charge in [-0.1, -0.05) is 33.6 Å². The van der Waals surface area contributed by atoms with E-state index in [-0.39, 0.29) is 6.54 Å². The van der Waals surface area contributed by atoms with E-state index in [1.165, 1.54) is 0 Å². The Morgan fingerprint density at radius 2 is 2.04 bits per heavy atom. The molecule has 4 aromatic rings. The number of nitrogens with two attached hydrogens (primary N) is 1. The lowest BCUT2D eigenvalue weighted by molar-refractivity contribution is 0.208. The smallest absolute Gasteiger partial charge is 0.0752 e. The first-order valence-electron chi connectivity index (χ1n) is 8.87. The number of halogens is 2. The number of aliphatic hydroxyl groups excluding tert-OH is 1. The van der Waals surface area contributed by atoms with E-state index >= 15 is 0 Å². The number of nitrogens with one attached hydrogen (secondary N) is 1. The van der Waals surface area contributed by atoms with Crippen molar-refractivity contribution in [3.63, 3.8) is 0 Å². The third-order valence-corrected chi connectivity index (χ3v) is 6.48. The van der Waals surface area contributed by atoms with Crippen molar-refractivity contribution in [2.45, 2.75) is 11.9 Å². The van der Waals surface area contributed by atoms with Crippen molar-refractivity contribution in [1.29, 1.82) is 0 Å². The van der Waals surface area contributed by atoms with E-state index in [9.17, 15) is 5.11 Å². The number of fused-ring (bicyclic) bond motifs is 2. The Hall–Kier alpha value is -1.57. The van der Waals surface area contributed by atoms with E-state index in [0.29, 0.717) is 10.8 Å². The second-order valence-corrected chi connectivity index (χ2v) is 9.01. The van der Waals surface area contributed by atoms with E-state index in [1.807, 2.05) is 36.5 Å². The Kier molecular flexibility index (Phi) is 5.94. The van der Waals surface area contributed by atoms with Gasteiger partial charge in [0.15, 0.2) is 0 Å². The SMILES string of the molecule is NCC(O)CSCc1cc(-c2c[nH]c3ccc(Br)cc23)nc2cc(Cl)ccc12. The van der Waals surface area contributed by atoms with Crippen molar-refractivity contribution in [2.75, 3.05) is 12.3 Å². The van der Waals surface area contributed by atoms with Crippen molar-refractivity contribution in [1.82, 2.24) is 9.97 Å². The molecule has 0 saturated heterocycles. The first-order valence-corrected chi connectivity index (χ1v) is 11.2. The van der Waals surface area contributed by atoms with Crippen LogP contribution in [-0.2, 0) is 5.75 Å². The Morgan fingerprint density at radius 3 is 2.86 bits per heavy atom. The number of hydrogen-bond acceptors (Lipinski definition) is 4. The molecule has 144 valence electrons. The molecule has 0 spiro atoms. The lowest BCUT2D eigenvalue weighted by atomic mass is 10.0. The third kappa shape index (κ3) is 4.07. The van der Waals surface area contributed by atoms with Crippen LogP contribution < -0.4 is 5.73 Å². The zero-order valence-corrected chi connectivity index (χ0v) is 18.1. The summed E-state index contributed by atoms with van der Waals surface area (Å²) in [6.45, 7) is 0.273. The zero-order chi connectivity index (χ0) is 19.7. The largest absolute Gasteiger partial charge is 0.391 e. The molecule has 0 fully saturated rings. The van der Waals surface area contributed by atoms with Gasteiger partial charge in [0.1, 0.15) is 0 Å². The molecule has 4 rings (SSSR count). The number of thioether (sulfide) groups is 1. The molecule has 2 aromatic carbocycles. The van der Waals surface area contributed by atoms with Crippen molar-refractivity contribution < 1.29 is 5.11 Å². The molecule has 0 saturated carbocycles. The van der Waals surface area contributed by atoms with Gasteiger partial charge < -0.3 is 15.8 Å². The molecule has 2 heterocycles. The summed E-state index contributed by atoms with van der Waals surface area (Å²) in [6.07, 6.45) is 1.50. The molecule has 4 N–H and O–H groups in total. The van der Waals surface area contributed by atoms with Gasteiger partial charge in [-0.2, -0.15) is 11.8 Å². The van der Waals surface area contributed by atoms with Crippen molar-refractivity contribution >= 4 is 61.1 Å². The minimum Gasteiger partial charge on any atom is -0.391 e. The van der Waals surface area contributed by atoms with E-state index < -0.39 is 6.10 Å². The summed E-state index contributed by atoms with van der Waals surface area (Å²) in [6, 6.07) is 14.1. The lowest BCUT2D eigenvalue weighted by Gasteiger charge is -2.11. The maximum Gasteiger partial charge on any atom is 0.0752 e. The highest BCUT2D eigenvalue weighted by Crippen LogP contribution is 2.33. The van der Waals surface area contributed by atoms with Crippen LogP contribution in [0.3, 0.4) is 0 Å². The zero-order valence-electron chi connectivity index (χ0n) is 15.0. The summed E-state index contributed by atoms with van der Waals surface area (Å²) in [7, 11) is 0. The molecule has 7 heteroatoms. The van der Waals surface area contributed by atoms with Gasteiger partial charge in [0.05, 0.1) is 17.3 Å². The highest BCUT2D eigenvalue weighted by Gasteiger charge is 2.13. The number of benzene rings is 2. The fourth-order valence-electron chi connectivity index (χ4n) is 3.21. The van der Waals surface area contributed by atoms with Crippen LogP contribution in [0.15, 0.2) is 53.1 Å². The average molecular weight is 477 g/mol. The number of aliphatic hydroxyl groups is 1. The molecule has 4 nitrogen and oxygen atoms in total. The number of aromatic amines is 1. The van der Waals surface area contributed by atoms with Gasteiger partial charge >= 0.3 is 0 Å². The molecule has 0 aliphatic heterocycles. The molecule has 1 unspecified atom stereocenters. The first-order chi connectivity index (χ1) is 13.5. The topological polar surface area (TPSA) is 74.9 Å². The highest BCUT2D eigenvalue weighted by molar-refractivity contribution is 9.10. The van der Waals surface area contributed by atoms with Crippen LogP contribution in [0.25, 0.3) is 33.1 Å². The second-order valence-electron chi connectivity index (χ2n) is 6.63. The van der Waals surface area contributed by atoms with Crippen molar-refractivity contribution in [3.05, 3.63) is 63.7 Å². The fraction of sp³-hybridized carbons (Fsp3) is 0.190. The normalized spacial score (nSPS) is 12.7. The van der Waals surface area contributed by atoms with Crippen LogP contribution in [0.4, 0.5) is 0 Å². The van der Waals surface area contributed by atoms with Crippen LogP contribution in [0.1, 0.15) is 5.56 Å². The van der Waals surface area contributed by atoms with Gasteiger partial charge in [0, 0.05) is 55.6 Å². The fourth-order valence-corrected chi connectivity index (χ4v) is 4.72. The van der Waals surface area contributed by atoms with Crippen LogP contribution in [0.2, 0.25) is 5.02 Å². The number of aromatic nitrogens is 2. The first kappa shape index (κ1) is 19.7. The summed E-state index contributed by atoms with van der Waals surface area (Å²) in [5.41, 5.74) is 10.6. The molecule has 0 aliphatic rings. The molecule has 0 radical (unpaired) electrons.